The van der Waals surface area contributed by atoms with Gasteiger partial charge in [0.2, 0.25) is 0 Å². The largest absolute Gasteiger partial charge is 0.358 e. The normalized spacial score (nSPS) is 21.4. The highest BCUT2D eigenvalue weighted by molar-refractivity contribution is 7.94. The van der Waals surface area contributed by atoms with E-state index in [0.29, 0.717) is 0 Å². The average Bonchev–Trinajstić information content (AvgIpc) is 2.61. The highest BCUT2D eigenvalue weighted by Gasteiger charge is 2.22. The Kier molecular flexibility index (Phi) is 3.25. The molecular formula is C11H15N3O3S. The van der Waals surface area contributed by atoms with Gasteiger partial charge in [-0.15, -0.1) is 0 Å². The molecule has 1 atom stereocenters. The number of rotatable bonds is 3. The third kappa shape index (κ3) is 2.61. The molecule has 6 nitrogen and oxygen atoms in total. The standard InChI is InChI=1S/C11H15N3O3S/c1-8(2)14-5-4-12-10(11(14)15)13-9-3-6-18(16,17)7-9/h3-6,8-9H,7H2,1-2H3,(H,12,13). The number of aromatic nitrogens is 2. The summed E-state index contributed by atoms with van der Waals surface area (Å²) in [4.78, 5) is 16.0. The van der Waals surface area contributed by atoms with Crippen molar-refractivity contribution < 1.29 is 8.42 Å². The van der Waals surface area contributed by atoms with E-state index in [1.165, 1.54) is 12.3 Å². The van der Waals surface area contributed by atoms with Gasteiger partial charge in [0.1, 0.15) is 0 Å². The molecule has 0 bridgehead atoms. The van der Waals surface area contributed by atoms with Gasteiger partial charge in [0.05, 0.1) is 11.8 Å². The van der Waals surface area contributed by atoms with E-state index < -0.39 is 15.9 Å². The highest BCUT2D eigenvalue weighted by Crippen LogP contribution is 2.11. The van der Waals surface area contributed by atoms with Crippen molar-refractivity contribution in [3.63, 3.8) is 0 Å². The number of hydrogen-bond acceptors (Lipinski definition) is 5. The van der Waals surface area contributed by atoms with Crippen LogP contribution < -0.4 is 10.9 Å². The van der Waals surface area contributed by atoms with Crippen molar-refractivity contribution in [2.24, 2.45) is 0 Å². The molecule has 1 aromatic rings. The third-order valence-corrected chi connectivity index (χ3v) is 4.07. The number of anilines is 1. The van der Waals surface area contributed by atoms with Crippen molar-refractivity contribution in [2.45, 2.75) is 25.9 Å². The molecule has 98 valence electrons. The first-order chi connectivity index (χ1) is 8.39. The fourth-order valence-corrected chi connectivity index (χ4v) is 3.01. The lowest BCUT2D eigenvalue weighted by atomic mass is 10.3. The smallest absolute Gasteiger partial charge is 0.293 e. The van der Waals surface area contributed by atoms with Crippen molar-refractivity contribution in [1.29, 1.82) is 0 Å². The molecule has 0 aromatic carbocycles. The summed E-state index contributed by atoms with van der Waals surface area (Å²) in [5.41, 5.74) is -0.245. The monoisotopic (exact) mass is 269 g/mol. The Balaban J connectivity index is 2.24. The number of hydrogen-bond donors (Lipinski definition) is 1. The topological polar surface area (TPSA) is 81.1 Å². The second kappa shape index (κ2) is 4.56. The Morgan fingerprint density at radius 1 is 1.50 bits per heavy atom. The maximum atomic E-state index is 12.0. The lowest BCUT2D eigenvalue weighted by Crippen LogP contribution is -2.30. The van der Waals surface area contributed by atoms with E-state index in [2.05, 4.69) is 10.3 Å². The summed E-state index contributed by atoms with van der Waals surface area (Å²) >= 11 is 0. The first kappa shape index (κ1) is 12.8. The molecule has 1 unspecified atom stereocenters. The number of nitrogens with zero attached hydrogens (tertiary/aromatic N) is 2. The maximum Gasteiger partial charge on any atom is 0.293 e. The first-order valence-corrected chi connectivity index (χ1v) is 7.35. The minimum absolute atomic E-state index is 0.0314. The zero-order valence-corrected chi connectivity index (χ0v) is 11.0. The molecule has 1 aliphatic rings. The first-order valence-electron chi connectivity index (χ1n) is 5.64. The van der Waals surface area contributed by atoms with Crippen LogP contribution in [0.3, 0.4) is 0 Å². The molecule has 0 spiro atoms. The molecular weight excluding hydrogens is 254 g/mol. The van der Waals surface area contributed by atoms with Crippen LogP contribution in [0.1, 0.15) is 19.9 Å². The minimum atomic E-state index is -3.13. The zero-order chi connectivity index (χ0) is 13.3. The fraction of sp³-hybridized carbons (Fsp3) is 0.455. The number of nitrogens with one attached hydrogen (secondary N) is 1. The van der Waals surface area contributed by atoms with E-state index in [0.717, 1.165) is 5.41 Å². The SMILES string of the molecule is CC(C)n1ccnc(NC2C=CS(=O)(=O)C2)c1=O. The van der Waals surface area contributed by atoms with Gasteiger partial charge in [-0.05, 0) is 19.9 Å². The Hall–Kier alpha value is -1.63. The zero-order valence-electron chi connectivity index (χ0n) is 10.2. The predicted octanol–water partition coefficient (Wildman–Crippen LogP) is 0.547. The van der Waals surface area contributed by atoms with E-state index in [1.54, 1.807) is 10.8 Å². The lowest BCUT2D eigenvalue weighted by molar-refractivity contribution is 0.574. The molecule has 2 heterocycles. The van der Waals surface area contributed by atoms with E-state index in [1.807, 2.05) is 13.8 Å². The van der Waals surface area contributed by atoms with E-state index in [9.17, 15) is 13.2 Å². The third-order valence-electron chi connectivity index (χ3n) is 2.68. The predicted molar refractivity (Wildman–Crippen MR) is 69.2 cm³/mol. The van der Waals surface area contributed by atoms with Gasteiger partial charge >= 0.3 is 0 Å². The molecule has 0 fully saturated rings. The summed E-state index contributed by atoms with van der Waals surface area (Å²) in [5, 5.41) is 4.01. The van der Waals surface area contributed by atoms with Gasteiger partial charge in [-0.2, -0.15) is 0 Å². The molecule has 2 rings (SSSR count). The van der Waals surface area contributed by atoms with Crippen LogP contribution in [0.15, 0.2) is 28.7 Å². The average molecular weight is 269 g/mol. The molecule has 1 aliphatic heterocycles. The van der Waals surface area contributed by atoms with E-state index >= 15 is 0 Å². The summed E-state index contributed by atoms with van der Waals surface area (Å²) in [6.45, 7) is 3.79. The molecule has 0 saturated heterocycles. The van der Waals surface area contributed by atoms with Gasteiger partial charge in [-0.1, -0.05) is 0 Å². The molecule has 1 aromatic heterocycles. The molecule has 0 aliphatic carbocycles. The van der Waals surface area contributed by atoms with Crippen LogP contribution in [-0.4, -0.2) is 29.8 Å². The molecule has 0 radical (unpaired) electrons. The van der Waals surface area contributed by atoms with Gasteiger partial charge < -0.3 is 9.88 Å². The Morgan fingerprint density at radius 3 is 2.78 bits per heavy atom. The van der Waals surface area contributed by atoms with Crippen LogP contribution >= 0.6 is 0 Å². The van der Waals surface area contributed by atoms with E-state index in [4.69, 9.17) is 0 Å². The molecule has 18 heavy (non-hydrogen) atoms. The van der Waals surface area contributed by atoms with Gasteiger partial charge in [-0.3, -0.25) is 4.79 Å². The molecule has 7 heteroatoms. The second-order valence-electron chi connectivity index (χ2n) is 4.49. The molecule has 0 amide bonds. The van der Waals surface area contributed by atoms with Crippen LogP contribution in [0.5, 0.6) is 0 Å². The minimum Gasteiger partial charge on any atom is -0.358 e. The lowest BCUT2D eigenvalue weighted by Gasteiger charge is -2.13. The van der Waals surface area contributed by atoms with Gasteiger partial charge in [-0.25, -0.2) is 13.4 Å². The highest BCUT2D eigenvalue weighted by atomic mass is 32.2. The van der Waals surface area contributed by atoms with Gasteiger partial charge in [0.15, 0.2) is 15.7 Å². The number of sulfone groups is 1. The maximum absolute atomic E-state index is 12.0. The van der Waals surface area contributed by atoms with E-state index in [-0.39, 0.29) is 23.2 Å². The summed E-state index contributed by atoms with van der Waals surface area (Å²) in [5.74, 6) is 0.142. The van der Waals surface area contributed by atoms with Crippen molar-refractivity contribution in [3.05, 3.63) is 34.2 Å². The van der Waals surface area contributed by atoms with Gasteiger partial charge in [0.25, 0.3) is 5.56 Å². The summed E-state index contributed by atoms with van der Waals surface area (Å²) in [7, 11) is -3.13. The van der Waals surface area contributed by atoms with Crippen molar-refractivity contribution in [3.8, 4) is 0 Å². The van der Waals surface area contributed by atoms with Crippen molar-refractivity contribution in [1.82, 2.24) is 9.55 Å². The summed E-state index contributed by atoms with van der Waals surface area (Å²) in [6, 6.07) is -0.359. The van der Waals surface area contributed by atoms with Gasteiger partial charge in [0, 0.05) is 23.8 Å². The molecule has 0 saturated carbocycles. The van der Waals surface area contributed by atoms with Crippen LogP contribution in [0.2, 0.25) is 0 Å². The Labute approximate surface area is 105 Å². The van der Waals surface area contributed by atoms with Crippen LogP contribution in [0.4, 0.5) is 5.82 Å². The van der Waals surface area contributed by atoms with Crippen LogP contribution in [0, 0.1) is 0 Å². The second-order valence-corrected chi connectivity index (χ2v) is 6.42. The Morgan fingerprint density at radius 2 is 2.22 bits per heavy atom. The van der Waals surface area contributed by atoms with Crippen LogP contribution in [0.25, 0.3) is 0 Å². The van der Waals surface area contributed by atoms with Crippen molar-refractivity contribution >= 4 is 15.7 Å². The fourth-order valence-electron chi connectivity index (χ4n) is 1.77. The summed E-state index contributed by atoms with van der Waals surface area (Å²) < 4.78 is 24.1. The van der Waals surface area contributed by atoms with Crippen LogP contribution in [-0.2, 0) is 9.84 Å². The Bertz CT molecular complexity index is 631. The van der Waals surface area contributed by atoms with Crippen molar-refractivity contribution in [2.75, 3.05) is 11.1 Å². The molecule has 1 N–H and O–H groups in total. The quantitative estimate of drug-likeness (QED) is 0.866. The summed E-state index contributed by atoms with van der Waals surface area (Å²) in [6.07, 6.45) is 4.67.